The average molecular weight is 378 g/mol. The van der Waals surface area contributed by atoms with E-state index in [-0.39, 0.29) is 10.8 Å². The molecule has 10 nitrogen and oxygen atoms in total. The molecule has 4 atom stereocenters. The van der Waals surface area contributed by atoms with Crippen molar-refractivity contribution in [1.29, 1.82) is 0 Å². The molecule has 0 aromatic carbocycles. The maximum Gasteiger partial charge on any atom is 0.331 e. The molecule has 2 rings (SSSR count). The lowest BCUT2D eigenvalue weighted by Gasteiger charge is -2.53. The molecular weight excluding hydrogens is 362 g/mol. The number of carbonyl (C=O) groups excluding carboxylic acids is 2. The van der Waals surface area contributed by atoms with E-state index in [2.05, 4.69) is 0 Å². The maximum absolute atomic E-state index is 16.1. The Morgan fingerprint density at radius 2 is 1.92 bits per heavy atom. The molecule has 2 heterocycles. The van der Waals surface area contributed by atoms with E-state index in [1.165, 1.54) is 4.98 Å². The van der Waals surface area contributed by atoms with Gasteiger partial charge >= 0.3 is 5.69 Å². The molecule has 0 bridgehead atoms. The van der Waals surface area contributed by atoms with Crippen LogP contribution < -0.4 is 11.2 Å². The van der Waals surface area contributed by atoms with Crippen LogP contribution >= 0.6 is 0 Å². The highest BCUT2D eigenvalue weighted by Crippen LogP contribution is 2.48. The average Bonchev–Trinajstić information content (AvgIpc) is 2.55. The summed E-state index contributed by atoms with van der Waals surface area (Å²) in [5, 5.41) is 21.4. The van der Waals surface area contributed by atoms with Crippen LogP contribution in [0.3, 0.4) is 0 Å². The predicted molar refractivity (Wildman–Crippen MR) is 78.4 cm³/mol. The van der Waals surface area contributed by atoms with Gasteiger partial charge in [-0.05, 0) is 13.8 Å². The summed E-state index contributed by atoms with van der Waals surface area (Å²) < 4.78 is 39.2. The number of H-pyrrole nitrogens is 1. The zero-order valence-electron chi connectivity index (χ0n) is 13.9. The fourth-order valence-corrected chi connectivity index (χ4v) is 2.97. The highest BCUT2D eigenvalue weighted by atomic mass is 19.1. The predicted octanol–water partition coefficient (Wildman–Crippen LogP) is -2.06. The third-order valence-corrected chi connectivity index (χ3v) is 4.42. The number of ether oxygens (including phenoxy) is 2. The molecule has 0 amide bonds. The molecule has 0 radical (unpaired) electrons. The standard InChI is InChI=1S/C14H16F2N2O8/c1-6(19)12(23)5-26-10(25-3)14(16,13(12,24)7(2)20)18-4-8(15)9(21)17-11(18)22/h4,10,23-24H,5H2,1-3H3,(H,17,21,22)/t10-,12+,13+,14-/m1/s1. The van der Waals surface area contributed by atoms with Gasteiger partial charge < -0.3 is 19.7 Å². The number of methoxy groups -OCH3 is 1. The van der Waals surface area contributed by atoms with Crippen LogP contribution in [0.5, 0.6) is 0 Å². The monoisotopic (exact) mass is 378 g/mol. The van der Waals surface area contributed by atoms with Crippen molar-refractivity contribution in [2.75, 3.05) is 13.7 Å². The first-order valence-electron chi connectivity index (χ1n) is 7.20. The smallest absolute Gasteiger partial charge is 0.331 e. The summed E-state index contributed by atoms with van der Waals surface area (Å²) in [5.74, 6) is -8.18. The summed E-state index contributed by atoms with van der Waals surface area (Å²) in [6.45, 7) is 0.345. The lowest BCUT2D eigenvalue weighted by atomic mass is 9.69. The molecule has 0 saturated carbocycles. The highest BCUT2D eigenvalue weighted by Gasteiger charge is 2.76. The summed E-state index contributed by atoms with van der Waals surface area (Å²) in [6, 6.07) is 0. The zero-order chi connectivity index (χ0) is 20.1. The van der Waals surface area contributed by atoms with Gasteiger partial charge in [-0.1, -0.05) is 0 Å². The number of nitrogens with zero attached hydrogens (tertiary/aromatic N) is 1. The molecule has 0 aliphatic carbocycles. The number of ketones is 2. The Balaban J connectivity index is 2.97. The second kappa shape index (κ2) is 6.16. The molecule has 1 aromatic rings. The number of halogens is 2. The van der Waals surface area contributed by atoms with Crippen LogP contribution in [0.2, 0.25) is 0 Å². The molecule has 1 aromatic heterocycles. The van der Waals surface area contributed by atoms with Crippen LogP contribution in [0.15, 0.2) is 15.8 Å². The first-order chi connectivity index (χ1) is 11.9. The van der Waals surface area contributed by atoms with Gasteiger partial charge in [0.1, 0.15) is 0 Å². The van der Waals surface area contributed by atoms with Crippen molar-refractivity contribution in [2.24, 2.45) is 0 Å². The molecule has 12 heteroatoms. The molecule has 144 valence electrons. The third-order valence-electron chi connectivity index (χ3n) is 4.42. The molecule has 1 aliphatic rings. The summed E-state index contributed by atoms with van der Waals surface area (Å²) in [7, 11) is 0.880. The third kappa shape index (κ3) is 2.30. The van der Waals surface area contributed by atoms with Crippen molar-refractivity contribution in [3.05, 3.63) is 32.9 Å². The van der Waals surface area contributed by atoms with Gasteiger partial charge in [-0.25, -0.2) is 9.18 Å². The minimum absolute atomic E-state index is 0.0658. The van der Waals surface area contributed by atoms with E-state index in [0.29, 0.717) is 6.92 Å². The van der Waals surface area contributed by atoms with E-state index in [1.807, 2.05) is 0 Å². The van der Waals surface area contributed by atoms with Gasteiger partial charge in [0.05, 0.1) is 12.8 Å². The number of hydrogen-bond donors (Lipinski definition) is 3. The van der Waals surface area contributed by atoms with Gasteiger partial charge in [-0.15, -0.1) is 0 Å². The number of nitrogens with one attached hydrogen (secondary N) is 1. The summed E-state index contributed by atoms with van der Waals surface area (Å²) in [5.41, 5.74) is -9.82. The number of aliphatic hydroxyl groups is 2. The number of Topliss-reactive ketones (excluding diaryl/α,β-unsaturated/α-hetero) is 2. The maximum atomic E-state index is 16.1. The van der Waals surface area contributed by atoms with Crippen molar-refractivity contribution in [3.8, 4) is 0 Å². The van der Waals surface area contributed by atoms with Crippen molar-refractivity contribution in [3.63, 3.8) is 0 Å². The second-order valence-electron chi connectivity index (χ2n) is 5.84. The van der Waals surface area contributed by atoms with Crippen molar-refractivity contribution in [1.82, 2.24) is 9.55 Å². The topological polar surface area (TPSA) is 148 Å². The first kappa shape index (κ1) is 20.0. The summed E-state index contributed by atoms with van der Waals surface area (Å²) in [6.07, 6.45) is -2.16. The van der Waals surface area contributed by atoms with E-state index in [0.717, 1.165) is 14.0 Å². The lowest BCUT2D eigenvalue weighted by molar-refractivity contribution is -0.361. The molecule has 0 unspecified atom stereocenters. The fourth-order valence-electron chi connectivity index (χ4n) is 2.97. The Kier molecular flexibility index (Phi) is 4.75. The van der Waals surface area contributed by atoms with Crippen LogP contribution in [0, 0.1) is 5.82 Å². The second-order valence-corrected chi connectivity index (χ2v) is 5.84. The van der Waals surface area contributed by atoms with Gasteiger partial charge in [-0.3, -0.25) is 23.9 Å². The van der Waals surface area contributed by atoms with Crippen LogP contribution in [-0.2, 0) is 24.9 Å². The number of aromatic nitrogens is 2. The van der Waals surface area contributed by atoms with E-state index in [1.54, 1.807) is 0 Å². The fraction of sp³-hybridized carbons (Fsp3) is 0.571. The van der Waals surface area contributed by atoms with Crippen molar-refractivity contribution in [2.45, 2.75) is 37.1 Å². The van der Waals surface area contributed by atoms with Gasteiger partial charge in [0.25, 0.3) is 11.4 Å². The molecule has 26 heavy (non-hydrogen) atoms. The van der Waals surface area contributed by atoms with Crippen molar-refractivity contribution >= 4 is 11.6 Å². The van der Waals surface area contributed by atoms with Crippen LogP contribution in [-0.4, -0.2) is 62.5 Å². The normalized spacial score (nSPS) is 34.5. The lowest BCUT2D eigenvalue weighted by Crippen LogP contribution is -2.81. The van der Waals surface area contributed by atoms with E-state index < -0.39 is 58.5 Å². The quantitative estimate of drug-likeness (QED) is 0.542. The van der Waals surface area contributed by atoms with Crippen LogP contribution in [0.4, 0.5) is 8.78 Å². The number of aromatic amines is 1. The number of hydrogen-bond acceptors (Lipinski definition) is 8. The molecule has 1 aliphatic heterocycles. The summed E-state index contributed by atoms with van der Waals surface area (Å²) in [4.78, 5) is 48.7. The Bertz CT molecular complexity index is 882. The Labute approximate surface area is 144 Å². The number of alkyl halides is 1. The number of carbonyl (C=O) groups is 2. The first-order valence-corrected chi connectivity index (χ1v) is 7.20. The summed E-state index contributed by atoms with van der Waals surface area (Å²) >= 11 is 0. The molecule has 3 N–H and O–H groups in total. The van der Waals surface area contributed by atoms with Gasteiger partial charge in [0.2, 0.25) is 17.7 Å². The van der Waals surface area contributed by atoms with Gasteiger partial charge in [0, 0.05) is 7.11 Å². The Morgan fingerprint density at radius 1 is 1.35 bits per heavy atom. The van der Waals surface area contributed by atoms with E-state index >= 15 is 4.39 Å². The van der Waals surface area contributed by atoms with Gasteiger partial charge in [0.15, 0.2) is 17.2 Å². The van der Waals surface area contributed by atoms with Crippen LogP contribution in [0.1, 0.15) is 13.8 Å². The SMILES string of the molecule is CO[C@@H]1OC[C@](O)(C(C)=O)[C@@](O)(C(C)=O)[C@]1(F)n1cc(F)c(=O)[nH]c1=O. The zero-order valence-corrected chi connectivity index (χ0v) is 13.9. The van der Waals surface area contributed by atoms with Gasteiger partial charge in [-0.2, -0.15) is 4.39 Å². The highest BCUT2D eigenvalue weighted by molar-refractivity contribution is 5.98. The molecule has 0 spiro atoms. The molecular formula is C14H16F2N2O8. The minimum Gasteiger partial charge on any atom is -0.376 e. The largest absolute Gasteiger partial charge is 0.376 e. The Hall–Kier alpha value is -2.28. The number of rotatable bonds is 4. The van der Waals surface area contributed by atoms with E-state index in [9.17, 15) is 33.8 Å². The van der Waals surface area contributed by atoms with Crippen LogP contribution in [0.25, 0.3) is 0 Å². The Morgan fingerprint density at radius 3 is 2.38 bits per heavy atom. The van der Waals surface area contributed by atoms with E-state index in [4.69, 9.17) is 9.47 Å². The molecule has 1 saturated heterocycles. The van der Waals surface area contributed by atoms with Crippen molar-refractivity contribution < 1.29 is 38.1 Å². The molecule has 1 fully saturated rings. The minimum atomic E-state index is -3.81.